The number of hydrogen-bond donors (Lipinski definition) is 0. The Labute approximate surface area is 132 Å². The number of fused-ring (bicyclic) bond motifs is 1. The van der Waals surface area contributed by atoms with Gasteiger partial charge in [-0.25, -0.2) is 4.98 Å². The van der Waals surface area contributed by atoms with E-state index in [-0.39, 0.29) is 5.39 Å². The van der Waals surface area contributed by atoms with Crippen molar-refractivity contribution in [2.24, 2.45) is 0 Å². The number of rotatable bonds is 2. The fourth-order valence-corrected chi connectivity index (χ4v) is 2.75. The highest BCUT2D eigenvalue weighted by Gasteiger charge is 2.34. The average molecular weight is 325 g/mol. The highest BCUT2D eigenvalue weighted by molar-refractivity contribution is 5.86. The van der Waals surface area contributed by atoms with Gasteiger partial charge in [0.15, 0.2) is 0 Å². The first-order chi connectivity index (χ1) is 10.9. The molecule has 1 fully saturated rings. The van der Waals surface area contributed by atoms with Gasteiger partial charge in [-0.15, -0.1) is 0 Å². The number of ether oxygens (including phenoxy) is 1. The molecule has 1 saturated heterocycles. The first kappa shape index (κ1) is 15.9. The van der Waals surface area contributed by atoms with Gasteiger partial charge in [0.2, 0.25) is 0 Å². The van der Waals surface area contributed by atoms with Crippen LogP contribution in [0.25, 0.3) is 10.9 Å². The molecule has 0 spiro atoms. The lowest BCUT2D eigenvalue weighted by Gasteiger charge is -2.33. The maximum absolute atomic E-state index is 13.5. The zero-order chi connectivity index (χ0) is 16.6. The van der Waals surface area contributed by atoms with Crippen LogP contribution in [-0.2, 0) is 6.18 Å². The first-order valence-electron chi connectivity index (χ1n) is 7.38. The number of anilines is 1. The van der Waals surface area contributed by atoms with Crippen LogP contribution in [0.5, 0.6) is 5.75 Å². The van der Waals surface area contributed by atoms with Crippen LogP contribution in [0, 0.1) is 0 Å². The van der Waals surface area contributed by atoms with E-state index in [1.807, 2.05) is 11.9 Å². The van der Waals surface area contributed by atoms with E-state index in [2.05, 4.69) is 9.88 Å². The Bertz CT molecular complexity index is 710. The molecule has 1 aromatic heterocycles. The van der Waals surface area contributed by atoms with Gasteiger partial charge in [-0.2, -0.15) is 13.2 Å². The van der Waals surface area contributed by atoms with Gasteiger partial charge in [-0.05, 0) is 31.3 Å². The summed E-state index contributed by atoms with van der Waals surface area (Å²) in [5.41, 5.74) is -0.343. The normalized spacial score (nSPS) is 16.8. The lowest BCUT2D eigenvalue weighted by Crippen LogP contribution is -2.44. The summed E-state index contributed by atoms with van der Waals surface area (Å²) in [5.74, 6) is 0.764. The van der Waals surface area contributed by atoms with Gasteiger partial charge in [0.25, 0.3) is 0 Å². The summed E-state index contributed by atoms with van der Waals surface area (Å²) < 4.78 is 45.4. The van der Waals surface area contributed by atoms with E-state index >= 15 is 0 Å². The minimum Gasteiger partial charge on any atom is -0.497 e. The number of benzene rings is 1. The van der Waals surface area contributed by atoms with Crippen LogP contribution in [-0.4, -0.2) is 50.2 Å². The van der Waals surface area contributed by atoms with Gasteiger partial charge in [0, 0.05) is 31.6 Å². The van der Waals surface area contributed by atoms with Gasteiger partial charge < -0.3 is 14.5 Å². The fraction of sp³-hybridized carbons (Fsp3) is 0.438. The molecule has 3 rings (SSSR count). The van der Waals surface area contributed by atoms with Crippen molar-refractivity contribution in [3.63, 3.8) is 0 Å². The maximum Gasteiger partial charge on any atom is 0.417 e. The van der Waals surface area contributed by atoms with Crippen LogP contribution < -0.4 is 9.64 Å². The van der Waals surface area contributed by atoms with Gasteiger partial charge in [-0.1, -0.05) is 0 Å². The van der Waals surface area contributed by atoms with E-state index in [1.54, 1.807) is 12.1 Å². The van der Waals surface area contributed by atoms with Crippen molar-refractivity contribution in [1.29, 1.82) is 0 Å². The summed E-state index contributed by atoms with van der Waals surface area (Å²) in [6, 6.07) is 5.73. The van der Waals surface area contributed by atoms with Gasteiger partial charge in [-0.3, -0.25) is 0 Å². The first-order valence-corrected chi connectivity index (χ1v) is 7.38. The molecule has 0 unspecified atom stereocenters. The Kier molecular flexibility index (Phi) is 4.06. The Balaban J connectivity index is 2.10. The summed E-state index contributed by atoms with van der Waals surface area (Å²) in [6.45, 7) is 2.96. The molecule has 2 aromatic rings. The number of nitrogens with zero attached hydrogens (tertiary/aromatic N) is 3. The minimum absolute atomic E-state index is 0.0646. The molecule has 0 amide bonds. The van der Waals surface area contributed by atoms with Gasteiger partial charge in [0.1, 0.15) is 11.6 Å². The molecule has 1 aliphatic rings. The Morgan fingerprint density at radius 1 is 1.09 bits per heavy atom. The zero-order valence-electron chi connectivity index (χ0n) is 13.0. The SMILES string of the molecule is COc1ccc2nc(N3CCN(C)CC3)cc(C(F)(F)F)c2c1. The highest BCUT2D eigenvalue weighted by atomic mass is 19.4. The van der Waals surface area contributed by atoms with E-state index in [9.17, 15) is 13.2 Å². The van der Waals surface area contributed by atoms with E-state index in [0.29, 0.717) is 30.2 Å². The predicted molar refractivity (Wildman–Crippen MR) is 83.0 cm³/mol. The number of halogens is 3. The standard InChI is InChI=1S/C16H18F3N3O/c1-21-5-7-22(8-6-21)15-10-13(16(17,18)19)12-9-11(23-2)3-4-14(12)20-15/h3-4,9-10H,5-8H2,1-2H3. The molecule has 7 heteroatoms. The number of pyridine rings is 1. The molecule has 0 saturated carbocycles. The van der Waals surface area contributed by atoms with E-state index in [0.717, 1.165) is 19.2 Å². The molecule has 4 nitrogen and oxygen atoms in total. The third-order valence-electron chi connectivity index (χ3n) is 4.14. The average Bonchev–Trinajstić information content (AvgIpc) is 2.53. The van der Waals surface area contributed by atoms with Crippen molar-refractivity contribution in [2.45, 2.75) is 6.18 Å². The fourth-order valence-electron chi connectivity index (χ4n) is 2.75. The van der Waals surface area contributed by atoms with Crippen LogP contribution in [0.1, 0.15) is 5.56 Å². The van der Waals surface area contributed by atoms with Crippen LogP contribution in [0.2, 0.25) is 0 Å². The minimum atomic E-state index is -4.44. The Morgan fingerprint density at radius 2 is 1.78 bits per heavy atom. The van der Waals surface area contributed by atoms with Crippen LogP contribution in [0.4, 0.5) is 19.0 Å². The number of aromatic nitrogens is 1. The van der Waals surface area contributed by atoms with Crippen LogP contribution in [0.3, 0.4) is 0 Å². The molecular weight excluding hydrogens is 307 g/mol. The zero-order valence-corrected chi connectivity index (χ0v) is 13.0. The number of methoxy groups -OCH3 is 1. The van der Waals surface area contributed by atoms with Crippen molar-refractivity contribution in [3.8, 4) is 5.75 Å². The summed E-state index contributed by atoms with van der Waals surface area (Å²) >= 11 is 0. The number of piperazine rings is 1. The smallest absolute Gasteiger partial charge is 0.417 e. The van der Waals surface area contributed by atoms with E-state index in [1.165, 1.54) is 13.2 Å². The second-order valence-corrected chi connectivity index (χ2v) is 5.70. The summed E-state index contributed by atoms with van der Waals surface area (Å²) in [7, 11) is 3.43. The maximum atomic E-state index is 13.5. The van der Waals surface area contributed by atoms with E-state index in [4.69, 9.17) is 4.74 Å². The monoisotopic (exact) mass is 325 g/mol. The number of likely N-dealkylation sites (N-methyl/N-ethyl adjacent to an activating group) is 1. The predicted octanol–water partition coefficient (Wildman–Crippen LogP) is 3.01. The molecule has 124 valence electrons. The Morgan fingerprint density at radius 3 is 2.39 bits per heavy atom. The molecule has 0 N–H and O–H groups in total. The lowest BCUT2D eigenvalue weighted by molar-refractivity contribution is -0.136. The molecule has 0 aliphatic carbocycles. The van der Waals surface area contributed by atoms with Crippen molar-refractivity contribution >= 4 is 16.7 Å². The van der Waals surface area contributed by atoms with Crippen molar-refractivity contribution in [2.75, 3.05) is 45.2 Å². The third-order valence-corrected chi connectivity index (χ3v) is 4.14. The van der Waals surface area contributed by atoms with Crippen molar-refractivity contribution in [3.05, 3.63) is 29.8 Å². The van der Waals surface area contributed by atoms with Crippen LogP contribution in [0.15, 0.2) is 24.3 Å². The third kappa shape index (κ3) is 3.19. The molecular formula is C16H18F3N3O. The molecule has 23 heavy (non-hydrogen) atoms. The molecule has 0 radical (unpaired) electrons. The number of alkyl halides is 3. The topological polar surface area (TPSA) is 28.6 Å². The summed E-state index contributed by atoms with van der Waals surface area (Å²) in [4.78, 5) is 8.47. The van der Waals surface area contributed by atoms with Gasteiger partial charge >= 0.3 is 6.18 Å². The summed E-state index contributed by atoms with van der Waals surface area (Å²) in [6.07, 6.45) is -4.44. The molecule has 0 bridgehead atoms. The van der Waals surface area contributed by atoms with Crippen LogP contribution >= 0.6 is 0 Å². The largest absolute Gasteiger partial charge is 0.497 e. The highest BCUT2D eigenvalue weighted by Crippen LogP contribution is 2.37. The lowest BCUT2D eigenvalue weighted by atomic mass is 10.1. The van der Waals surface area contributed by atoms with E-state index < -0.39 is 11.7 Å². The second kappa shape index (κ2) is 5.88. The molecule has 1 aromatic carbocycles. The number of hydrogen-bond acceptors (Lipinski definition) is 4. The summed E-state index contributed by atoms with van der Waals surface area (Å²) in [5, 5.41) is 0.0646. The van der Waals surface area contributed by atoms with Crippen molar-refractivity contribution < 1.29 is 17.9 Å². The Hall–Kier alpha value is -2.02. The van der Waals surface area contributed by atoms with Gasteiger partial charge in [0.05, 0.1) is 18.2 Å². The molecule has 1 aliphatic heterocycles. The molecule has 2 heterocycles. The van der Waals surface area contributed by atoms with Crippen molar-refractivity contribution in [1.82, 2.24) is 9.88 Å². The second-order valence-electron chi connectivity index (χ2n) is 5.70. The molecule has 0 atom stereocenters. The quantitative estimate of drug-likeness (QED) is 0.849.